The van der Waals surface area contributed by atoms with E-state index in [9.17, 15) is 4.39 Å². The number of hydrogen-bond donors (Lipinski definition) is 3. The molecular weight excluding hydrogens is 443 g/mol. The van der Waals surface area contributed by atoms with Crippen LogP contribution in [-0.4, -0.2) is 41.7 Å². The molecular formula is C26H21FN8. The number of hydrogen-bond acceptors (Lipinski definition) is 6. The molecule has 5 aromatic heterocycles. The van der Waals surface area contributed by atoms with E-state index in [1.54, 1.807) is 43.0 Å². The van der Waals surface area contributed by atoms with Crippen LogP contribution in [0.4, 0.5) is 4.39 Å². The molecule has 35 heavy (non-hydrogen) atoms. The molecule has 0 saturated carbocycles. The lowest BCUT2D eigenvalue weighted by molar-refractivity contribution is 0.631. The van der Waals surface area contributed by atoms with Crippen LogP contribution in [-0.2, 0) is 6.54 Å². The van der Waals surface area contributed by atoms with Crippen molar-refractivity contribution in [3.8, 4) is 33.9 Å². The highest BCUT2D eigenvalue weighted by molar-refractivity contribution is 5.97. The first-order valence-electron chi connectivity index (χ1n) is 11.3. The van der Waals surface area contributed by atoms with Crippen LogP contribution < -0.4 is 5.32 Å². The molecule has 172 valence electrons. The molecule has 8 nitrogen and oxygen atoms in total. The summed E-state index contributed by atoms with van der Waals surface area (Å²) in [7, 11) is 0. The van der Waals surface area contributed by atoms with Crippen LogP contribution >= 0.6 is 0 Å². The minimum absolute atomic E-state index is 0.322. The summed E-state index contributed by atoms with van der Waals surface area (Å²) in [4.78, 5) is 21.3. The fourth-order valence-corrected chi connectivity index (χ4v) is 4.17. The zero-order valence-corrected chi connectivity index (χ0v) is 18.9. The molecule has 0 radical (unpaired) electrons. The first-order valence-corrected chi connectivity index (χ1v) is 11.3. The average molecular weight is 465 g/mol. The topological polar surface area (TPSA) is 108 Å². The summed E-state index contributed by atoms with van der Waals surface area (Å²) < 4.78 is 14.5. The summed E-state index contributed by atoms with van der Waals surface area (Å²) in [5, 5.41) is 11.7. The van der Waals surface area contributed by atoms with Crippen LogP contribution in [0.3, 0.4) is 0 Å². The fourth-order valence-electron chi connectivity index (χ4n) is 4.17. The molecule has 5 heterocycles. The molecule has 0 bridgehead atoms. The number of benzene rings is 1. The van der Waals surface area contributed by atoms with Gasteiger partial charge in [0.1, 0.15) is 17.0 Å². The highest BCUT2D eigenvalue weighted by atomic mass is 19.1. The quantitative estimate of drug-likeness (QED) is 0.324. The third-order valence-corrected chi connectivity index (χ3v) is 5.90. The largest absolute Gasteiger partial charge is 0.335 e. The maximum Gasteiger partial charge on any atom is 0.159 e. The number of aromatic nitrogens is 7. The van der Waals surface area contributed by atoms with E-state index >= 15 is 0 Å². The Balaban J connectivity index is 1.45. The smallest absolute Gasteiger partial charge is 0.159 e. The normalized spacial score (nSPS) is 11.5. The Morgan fingerprint density at radius 2 is 1.83 bits per heavy atom. The van der Waals surface area contributed by atoms with Gasteiger partial charge in [0.2, 0.25) is 0 Å². The van der Waals surface area contributed by atoms with Crippen LogP contribution in [0.15, 0.2) is 67.4 Å². The van der Waals surface area contributed by atoms with Gasteiger partial charge in [-0.25, -0.2) is 9.37 Å². The molecule has 6 rings (SSSR count). The second-order valence-corrected chi connectivity index (χ2v) is 8.20. The first-order chi connectivity index (χ1) is 17.2. The highest BCUT2D eigenvalue weighted by Crippen LogP contribution is 2.32. The first kappa shape index (κ1) is 21.1. The van der Waals surface area contributed by atoms with Gasteiger partial charge in [-0.2, -0.15) is 5.10 Å². The molecule has 1 aromatic carbocycles. The van der Waals surface area contributed by atoms with Gasteiger partial charge in [-0.05, 0) is 30.3 Å². The Morgan fingerprint density at radius 1 is 0.943 bits per heavy atom. The number of imidazole rings is 1. The SMILES string of the molecule is CCNCc1cncc(-c2cc3c(-c4nc5c(-c6ccccc6F)cncc5[nH]4)n[nH]c3cn2)c1. The van der Waals surface area contributed by atoms with Gasteiger partial charge in [0.15, 0.2) is 5.82 Å². The predicted molar refractivity (Wildman–Crippen MR) is 133 cm³/mol. The van der Waals surface area contributed by atoms with Crippen molar-refractivity contribution < 1.29 is 4.39 Å². The van der Waals surface area contributed by atoms with Crippen molar-refractivity contribution in [3.63, 3.8) is 0 Å². The van der Waals surface area contributed by atoms with Gasteiger partial charge < -0.3 is 10.3 Å². The number of H-pyrrole nitrogens is 2. The van der Waals surface area contributed by atoms with E-state index in [2.05, 4.69) is 48.4 Å². The Morgan fingerprint density at radius 3 is 2.71 bits per heavy atom. The predicted octanol–water partition coefficient (Wildman–Crippen LogP) is 4.87. The van der Waals surface area contributed by atoms with E-state index in [0.29, 0.717) is 33.7 Å². The van der Waals surface area contributed by atoms with E-state index in [1.165, 1.54) is 6.07 Å². The molecule has 0 aliphatic rings. The summed E-state index contributed by atoms with van der Waals surface area (Å²) in [6.07, 6.45) is 8.72. The lowest BCUT2D eigenvalue weighted by atomic mass is 10.1. The third kappa shape index (κ3) is 3.81. The Bertz CT molecular complexity index is 1670. The van der Waals surface area contributed by atoms with Crippen molar-refractivity contribution in [1.82, 2.24) is 40.4 Å². The molecule has 0 aliphatic heterocycles. The molecule has 0 fully saturated rings. The molecule has 0 amide bonds. The van der Waals surface area contributed by atoms with Gasteiger partial charge in [-0.1, -0.05) is 25.1 Å². The average Bonchev–Trinajstić information content (AvgIpc) is 3.51. The Labute approximate surface area is 199 Å². The molecule has 0 saturated heterocycles. The van der Waals surface area contributed by atoms with Crippen LogP contribution in [0.1, 0.15) is 12.5 Å². The van der Waals surface area contributed by atoms with Crippen LogP contribution in [0.25, 0.3) is 55.8 Å². The number of rotatable bonds is 6. The molecule has 0 atom stereocenters. The molecule has 0 unspecified atom stereocenters. The van der Waals surface area contributed by atoms with Gasteiger partial charge in [-0.3, -0.25) is 20.1 Å². The number of pyridine rings is 3. The van der Waals surface area contributed by atoms with Crippen LogP contribution in [0, 0.1) is 5.82 Å². The number of fused-ring (bicyclic) bond motifs is 2. The maximum atomic E-state index is 14.5. The van der Waals surface area contributed by atoms with E-state index in [-0.39, 0.29) is 5.82 Å². The van der Waals surface area contributed by atoms with Crippen LogP contribution in [0.2, 0.25) is 0 Å². The van der Waals surface area contributed by atoms with Crippen molar-refractivity contribution in [2.24, 2.45) is 0 Å². The summed E-state index contributed by atoms with van der Waals surface area (Å²) >= 11 is 0. The number of aromatic amines is 2. The van der Waals surface area contributed by atoms with E-state index in [0.717, 1.165) is 40.8 Å². The monoisotopic (exact) mass is 464 g/mol. The molecule has 0 aliphatic carbocycles. The highest BCUT2D eigenvalue weighted by Gasteiger charge is 2.17. The summed E-state index contributed by atoms with van der Waals surface area (Å²) in [6, 6.07) is 10.7. The lowest BCUT2D eigenvalue weighted by Crippen LogP contribution is -2.11. The number of nitrogens with one attached hydrogen (secondary N) is 3. The van der Waals surface area contributed by atoms with Crippen molar-refractivity contribution in [2.75, 3.05) is 6.54 Å². The third-order valence-electron chi connectivity index (χ3n) is 5.90. The zero-order chi connectivity index (χ0) is 23.8. The minimum atomic E-state index is -0.322. The lowest BCUT2D eigenvalue weighted by Gasteiger charge is -2.05. The summed E-state index contributed by atoms with van der Waals surface area (Å²) in [5.41, 5.74) is 6.63. The Hall–Kier alpha value is -4.50. The van der Waals surface area contributed by atoms with Crippen molar-refractivity contribution in [2.45, 2.75) is 13.5 Å². The van der Waals surface area contributed by atoms with E-state index in [4.69, 9.17) is 4.98 Å². The zero-order valence-electron chi connectivity index (χ0n) is 18.9. The summed E-state index contributed by atoms with van der Waals surface area (Å²) in [6.45, 7) is 3.70. The molecule has 3 N–H and O–H groups in total. The van der Waals surface area contributed by atoms with Crippen molar-refractivity contribution in [1.29, 1.82) is 0 Å². The number of nitrogens with zero attached hydrogens (tertiary/aromatic N) is 5. The molecule has 6 aromatic rings. The van der Waals surface area contributed by atoms with E-state index in [1.807, 2.05) is 12.3 Å². The Kier molecular flexibility index (Phi) is 5.23. The molecule has 9 heteroatoms. The summed E-state index contributed by atoms with van der Waals surface area (Å²) in [5.74, 6) is 0.241. The minimum Gasteiger partial charge on any atom is -0.335 e. The second kappa shape index (κ2) is 8.69. The van der Waals surface area contributed by atoms with Gasteiger partial charge in [0.25, 0.3) is 0 Å². The second-order valence-electron chi connectivity index (χ2n) is 8.20. The molecule has 0 spiro atoms. The van der Waals surface area contributed by atoms with Gasteiger partial charge >= 0.3 is 0 Å². The fraction of sp³-hybridized carbons (Fsp3) is 0.115. The standard InChI is InChI=1S/C26H21FN8/c1-2-28-9-15-7-16(11-29-10-15)21-8-18-22(14-31-21)34-35-25(18)26-32-23-13-30-12-19(24(23)33-26)17-5-3-4-6-20(17)27/h3-8,10-14,28H,2,9H2,1H3,(H,32,33)(H,34,35). The van der Waals surface area contributed by atoms with Crippen molar-refractivity contribution >= 4 is 21.9 Å². The van der Waals surface area contributed by atoms with Gasteiger partial charge in [0, 0.05) is 47.2 Å². The van der Waals surface area contributed by atoms with Crippen LogP contribution in [0.5, 0.6) is 0 Å². The van der Waals surface area contributed by atoms with Gasteiger partial charge in [-0.15, -0.1) is 0 Å². The maximum absolute atomic E-state index is 14.5. The van der Waals surface area contributed by atoms with E-state index < -0.39 is 0 Å². The number of halogens is 1. The van der Waals surface area contributed by atoms with Crippen molar-refractivity contribution in [3.05, 3.63) is 78.8 Å². The van der Waals surface area contributed by atoms with Gasteiger partial charge in [0.05, 0.1) is 29.1 Å².